The molecule has 2 rings (SSSR count). The van der Waals surface area contributed by atoms with Crippen LogP contribution in [0.2, 0.25) is 0 Å². The average Bonchev–Trinajstić information content (AvgIpc) is 2.54. The summed E-state index contributed by atoms with van der Waals surface area (Å²) in [5.74, 6) is 0.461. The number of hydrogen-bond donors (Lipinski definition) is 3. The van der Waals surface area contributed by atoms with E-state index in [2.05, 4.69) is 24.5 Å². The molecule has 1 atom stereocenters. The normalized spacial score (nSPS) is 12.0. The quantitative estimate of drug-likeness (QED) is 0.782. The van der Waals surface area contributed by atoms with Gasteiger partial charge in [0.1, 0.15) is 0 Å². The summed E-state index contributed by atoms with van der Waals surface area (Å²) in [6.07, 6.45) is -0.718. The van der Waals surface area contributed by atoms with E-state index in [-0.39, 0.29) is 12.6 Å². The Morgan fingerprint density at radius 3 is 2.13 bits per heavy atom. The molecule has 0 saturated carbocycles. The molecule has 0 aliphatic heterocycles. The van der Waals surface area contributed by atoms with Gasteiger partial charge in [-0.3, -0.25) is 0 Å². The van der Waals surface area contributed by atoms with Gasteiger partial charge in [0.2, 0.25) is 0 Å². The van der Waals surface area contributed by atoms with Crippen LogP contribution in [0.4, 0.5) is 10.5 Å². The molecule has 0 spiro atoms. The smallest absolute Gasteiger partial charge is 0.319 e. The molecule has 0 aromatic heterocycles. The Morgan fingerprint density at radius 2 is 1.57 bits per heavy atom. The first-order chi connectivity index (χ1) is 11.0. The summed E-state index contributed by atoms with van der Waals surface area (Å²) >= 11 is 0. The van der Waals surface area contributed by atoms with Gasteiger partial charge < -0.3 is 15.7 Å². The molecule has 2 amide bonds. The molecule has 0 heterocycles. The van der Waals surface area contributed by atoms with Crippen molar-refractivity contribution >= 4 is 11.7 Å². The van der Waals surface area contributed by atoms with E-state index >= 15 is 0 Å². The van der Waals surface area contributed by atoms with Gasteiger partial charge in [0.05, 0.1) is 6.10 Å². The lowest BCUT2D eigenvalue weighted by molar-refractivity contribution is 0.175. The van der Waals surface area contributed by atoms with Gasteiger partial charge in [0.15, 0.2) is 0 Å². The fourth-order valence-corrected chi connectivity index (χ4v) is 2.22. The summed E-state index contributed by atoms with van der Waals surface area (Å²) in [6.45, 7) is 6.41. The van der Waals surface area contributed by atoms with E-state index in [0.717, 1.165) is 16.8 Å². The Bertz CT molecular complexity index is 633. The van der Waals surface area contributed by atoms with E-state index in [1.807, 2.05) is 55.5 Å². The standard InChI is InChI=1S/C19H24N2O2/c1-13(2)15-8-10-17(11-9-15)21-19(23)20-12-18(22)16-6-4-14(3)5-7-16/h4-11,13,18,22H,12H2,1-3H3,(H2,20,21,23)/t18-/m0/s1. The number of carbonyl (C=O) groups is 1. The fraction of sp³-hybridized carbons (Fsp3) is 0.316. The number of hydrogen-bond acceptors (Lipinski definition) is 2. The predicted octanol–water partition coefficient (Wildman–Crippen LogP) is 3.97. The van der Waals surface area contributed by atoms with Crippen LogP contribution in [-0.4, -0.2) is 17.7 Å². The topological polar surface area (TPSA) is 61.4 Å². The van der Waals surface area contributed by atoms with Crippen LogP contribution in [0.3, 0.4) is 0 Å². The first kappa shape index (κ1) is 17.0. The van der Waals surface area contributed by atoms with Crippen molar-refractivity contribution in [3.05, 3.63) is 65.2 Å². The van der Waals surface area contributed by atoms with Crippen molar-refractivity contribution in [3.8, 4) is 0 Å². The van der Waals surface area contributed by atoms with Crippen molar-refractivity contribution in [2.75, 3.05) is 11.9 Å². The van der Waals surface area contributed by atoms with Gasteiger partial charge in [-0.15, -0.1) is 0 Å². The van der Waals surface area contributed by atoms with Gasteiger partial charge in [-0.25, -0.2) is 4.79 Å². The van der Waals surface area contributed by atoms with Gasteiger partial charge in [-0.2, -0.15) is 0 Å². The average molecular weight is 312 g/mol. The molecule has 0 bridgehead atoms. The molecule has 0 aliphatic rings. The summed E-state index contributed by atoms with van der Waals surface area (Å²) in [7, 11) is 0. The van der Waals surface area contributed by atoms with Crippen LogP contribution in [0.25, 0.3) is 0 Å². The lowest BCUT2D eigenvalue weighted by Gasteiger charge is -2.13. The maximum atomic E-state index is 11.9. The second-order valence-electron chi connectivity index (χ2n) is 6.04. The molecular weight excluding hydrogens is 288 g/mol. The third kappa shape index (κ3) is 5.11. The Balaban J connectivity index is 1.83. The molecule has 0 saturated heterocycles. The minimum absolute atomic E-state index is 0.166. The second kappa shape index (κ2) is 7.79. The highest BCUT2D eigenvalue weighted by Crippen LogP contribution is 2.17. The van der Waals surface area contributed by atoms with Gasteiger partial charge in [0, 0.05) is 12.2 Å². The number of aryl methyl sites for hydroxylation is 1. The number of urea groups is 1. The van der Waals surface area contributed by atoms with Crippen LogP contribution in [0.5, 0.6) is 0 Å². The van der Waals surface area contributed by atoms with Gasteiger partial charge in [-0.1, -0.05) is 55.8 Å². The van der Waals surface area contributed by atoms with E-state index in [9.17, 15) is 9.90 Å². The Kier molecular flexibility index (Phi) is 5.77. The molecule has 3 N–H and O–H groups in total. The third-order valence-corrected chi connectivity index (χ3v) is 3.75. The Labute approximate surface area is 137 Å². The van der Waals surface area contributed by atoms with Crippen molar-refractivity contribution < 1.29 is 9.90 Å². The highest BCUT2D eigenvalue weighted by Gasteiger charge is 2.09. The summed E-state index contributed by atoms with van der Waals surface area (Å²) in [6, 6.07) is 15.0. The lowest BCUT2D eigenvalue weighted by atomic mass is 10.0. The molecule has 0 radical (unpaired) electrons. The van der Waals surface area contributed by atoms with E-state index in [1.54, 1.807) is 0 Å². The number of aliphatic hydroxyl groups is 1. The summed E-state index contributed by atoms with van der Waals surface area (Å²) < 4.78 is 0. The summed E-state index contributed by atoms with van der Waals surface area (Å²) in [5.41, 5.74) is 3.89. The molecule has 122 valence electrons. The van der Waals surface area contributed by atoms with Crippen LogP contribution >= 0.6 is 0 Å². The highest BCUT2D eigenvalue weighted by molar-refractivity contribution is 5.89. The number of benzene rings is 2. The zero-order valence-electron chi connectivity index (χ0n) is 13.8. The summed E-state index contributed by atoms with van der Waals surface area (Å²) in [5, 5.41) is 15.5. The molecule has 0 unspecified atom stereocenters. The third-order valence-electron chi connectivity index (χ3n) is 3.75. The maximum absolute atomic E-state index is 11.9. The van der Waals surface area contributed by atoms with Crippen LogP contribution in [0.1, 0.15) is 42.6 Å². The Hall–Kier alpha value is -2.33. The SMILES string of the molecule is Cc1ccc([C@@H](O)CNC(=O)Nc2ccc(C(C)C)cc2)cc1. The second-order valence-corrected chi connectivity index (χ2v) is 6.04. The largest absolute Gasteiger partial charge is 0.387 e. The first-order valence-electron chi connectivity index (χ1n) is 7.85. The van der Waals surface area contributed by atoms with E-state index in [0.29, 0.717) is 5.92 Å². The van der Waals surface area contributed by atoms with Gasteiger partial charge in [-0.05, 0) is 36.1 Å². The van der Waals surface area contributed by atoms with E-state index < -0.39 is 6.10 Å². The monoisotopic (exact) mass is 312 g/mol. The molecule has 23 heavy (non-hydrogen) atoms. The summed E-state index contributed by atoms with van der Waals surface area (Å²) in [4.78, 5) is 11.9. The molecule has 4 heteroatoms. The van der Waals surface area contributed by atoms with Crippen LogP contribution in [0.15, 0.2) is 48.5 Å². The number of anilines is 1. The number of carbonyl (C=O) groups excluding carboxylic acids is 1. The van der Waals surface area contributed by atoms with Crippen molar-refractivity contribution in [2.24, 2.45) is 0 Å². The molecule has 2 aromatic rings. The van der Waals surface area contributed by atoms with E-state index in [4.69, 9.17) is 0 Å². The van der Waals surface area contributed by atoms with Gasteiger partial charge in [0.25, 0.3) is 0 Å². The zero-order chi connectivity index (χ0) is 16.8. The van der Waals surface area contributed by atoms with Crippen LogP contribution in [-0.2, 0) is 0 Å². The lowest BCUT2D eigenvalue weighted by Crippen LogP contribution is -2.32. The maximum Gasteiger partial charge on any atom is 0.319 e. The van der Waals surface area contributed by atoms with Gasteiger partial charge >= 0.3 is 6.03 Å². The highest BCUT2D eigenvalue weighted by atomic mass is 16.3. The van der Waals surface area contributed by atoms with E-state index in [1.165, 1.54) is 5.56 Å². The van der Waals surface area contributed by atoms with Crippen molar-refractivity contribution in [3.63, 3.8) is 0 Å². The molecule has 4 nitrogen and oxygen atoms in total. The van der Waals surface area contributed by atoms with Crippen molar-refractivity contribution in [2.45, 2.75) is 32.8 Å². The first-order valence-corrected chi connectivity index (χ1v) is 7.85. The zero-order valence-corrected chi connectivity index (χ0v) is 13.8. The predicted molar refractivity (Wildman–Crippen MR) is 93.7 cm³/mol. The number of rotatable bonds is 5. The van der Waals surface area contributed by atoms with Crippen LogP contribution < -0.4 is 10.6 Å². The fourth-order valence-electron chi connectivity index (χ4n) is 2.22. The number of amides is 2. The molecule has 0 aliphatic carbocycles. The molecule has 0 fully saturated rings. The van der Waals surface area contributed by atoms with Crippen LogP contribution in [0, 0.1) is 6.92 Å². The minimum Gasteiger partial charge on any atom is -0.387 e. The van der Waals surface area contributed by atoms with Crippen molar-refractivity contribution in [1.82, 2.24) is 5.32 Å². The number of nitrogens with one attached hydrogen (secondary N) is 2. The molecule has 2 aromatic carbocycles. The minimum atomic E-state index is -0.718. The molecular formula is C19H24N2O2. The number of aliphatic hydroxyl groups excluding tert-OH is 1. The van der Waals surface area contributed by atoms with Crippen molar-refractivity contribution in [1.29, 1.82) is 0 Å². The Morgan fingerprint density at radius 1 is 1.00 bits per heavy atom.